The summed E-state index contributed by atoms with van der Waals surface area (Å²) in [6.45, 7) is 3.87. The predicted molar refractivity (Wildman–Crippen MR) is 121 cm³/mol. The summed E-state index contributed by atoms with van der Waals surface area (Å²) < 4.78 is 73.1. The van der Waals surface area contributed by atoms with Gasteiger partial charge in [-0.05, 0) is 37.3 Å². The van der Waals surface area contributed by atoms with E-state index in [0.717, 1.165) is 30.0 Å². The third kappa shape index (κ3) is 3.84. The summed E-state index contributed by atoms with van der Waals surface area (Å²) in [7, 11) is 0. The fraction of sp³-hybridized carbons (Fsp3) is 0.391. The van der Waals surface area contributed by atoms with E-state index in [9.17, 15) is 26.7 Å². The molecule has 5 rings (SSSR count). The van der Waals surface area contributed by atoms with Gasteiger partial charge in [0.25, 0.3) is 0 Å². The zero-order valence-electron chi connectivity index (χ0n) is 18.2. The lowest BCUT2D eigenvalue weighted by atomic mass is 9.95. The number of halogens is 5. The van der Waals surface area contributed by atoms with Crippen molar-refractivity contribution in [2.24, 2.45) is 0 Å². The van der Waals surface area contributed by atoms with Crippen LogP contribution in [0.1, 0.15) is 18.9 Å². The molecule has 1 atom stereocenters. The summed E-state index contributed by atoms with van der Waals surface area (Å²) in [5, 5.41) is 3.42. The third-order valence-electron chi connectivity index (χ3n) is 6.25. The average molecular weight is 497 g/mol. The highest BCUT2D eigenvalue weighted by atomic mass is 32.2. The number of anilines is 1. The molecule has 0 amide bonds. The highest BCUT2D eigenvalue weighted by molar-refractivity contribution is 7.99. The van der Waals surface area contributed by atoms with Gasteiger partial charge < -0.3 is 10.2 Å². The van der Waals surface area contributed by atoms with Crippen LogP contribution in [0, 0.1) is 11.6 Å². The molecule has 1 aromatic heterocycles. The minimum absolute atomic E-state index is 0.0931. The van der Waals surface area contributed by atoms with E-state index >= 15 is 0 Å². The molecule has 1 N–H and O–H groups in total. The minimum Gasteiger partial charge on any atom is -0.351 e. The van der Waals surface area contributed by atoms with Crippen LogP contribution in [0.2, 0.25) is 0 Å². The van der Waals surface area contributed by atoms with Crippen molar-refractivity contribution in [1.82, 2.24) is 14.9 Å². The quantitative estimate of drug-likeness (QED) is 0.524. The van der Waals surface area contributed by atoms with E-state index in [-0.39, 0.29) is 39.8 Å². The molecule has 2 aliphatic rings. The average Bonchev–Trinajstić information content (AvgIpc) is 3.00. The van der Waals surface area contributed by atoms with Crippen LogP contribution in [0.4, 0.5) is 27.8 Å². The second kappa shape index (κ2) is 8.53. The summed E-state index contributed by atoms with van der Waals surface area (Å²) >= 11 is 1.15. The topological polar surface area (TPSA) is 50.2 Å². The van der Waals surface area contributed by atoms with E-state index in [4.69, 9.17) is 0 Å². The third-order valence-corrected chi connectivity index (χ3v) is 7.43. The van der Waals surface area contributed by atoms with Crippen molar-refractivity contribution in [2.75, 3.05) is 30.3 Å². The first-order valence-electron chi connectivity index (χ1n) is 10.9. The Bertz CT molecular complexity index is 1340. The van der Waals surface area contributed by atoms with E-state index in [2.05, 4.69) is 10.3 Å². The SMILES string of the molecule is C[C@H]1CNCCN1c1nc(=O)n2c3c(c(-c4ccc(F)cc4F)c(C(F)(F)F)cc13)SCCC2. The molecule has 2 aliphatic heterocycles. The van der Waals surface area contributed by atoms with Gasteiger partial charge >= 0.3 is 11.9 Å². The molecule has 1 fully saturated rings. The number of aryl methyl sites for hydroxylation is 1. The lowest BCUT2D eigenvalue weighted by Gasteiger charge is -2.36. The lowest BCUT2D eigenvalue weighted by molar-refractivity contribution is -0.137. The molecule has 0 bridgehead atoms. The molecule has 11 heteroatoms. The Labute approximate surface area is 196 Å². The van der Waals surface area contributed by atoms with E-state index in [1.165, 1.54) is 4.57 Å². The van der Waals surface area contributed by atoms with Gasteiger partial charge in [-0.2, -0.15) is 18.2 Å². The Morgan fingerprint density at radius 1 is 1.18 bits per heavy atom. The van der Waals surface area contributed by atoms with Gasteiger partial charge in [0.1, 0.15) is 17.5 Å². The van der Waals surface area contributed by atoms with Crippen LogP contribution in [0.3, 0.4) is 0 Å². The van der Waals surface area contributed by atoms with Crippen molar-refractivity contribution < 1.29 is 22.0 Å². The van der Waals surface area contributed by atoms with E-state index < -0.39 is 29.1 Å². The number of thioether (sulfide) groups is 1. The number of aromatic nitrogens is 2. The Balaban J connectivity index is 1.93. The standard InChI is InChI=1S/C23H21F5N4OS/c1-12-11-29-5-7-31(12)21-15-10-16(23(26,27)28)18(14-4-3-13(24)9-17(14)25)20-19(15)32(22(33)30-21)6-2-8-34-20/h3-4,9-10,12,29H,2,5-8,11H2,1H3/t12-/m0/s1. The molecular formula is C23H21F5N4OS. The zero-order valence-corrected chi connectivity index (χ0v) is 19.0. The number of alkyl halides is 3. The summed E-state index contributed by atoms with van der Waals surface area (Å²) in [5.41, 5.74) is -2.00. The van der Waals surface area contributed by atoms with Gasteiger partial charge in [-0.25, -0.2) is 13.6 Å². The molecule has 180 valence electrons. The van der Waals surface area contributed by atoms with Gasteiger partial charge in [0.15, 0.2) is 0 Å². The van der Waals surface area contributed by atoms with Crippen LogP contribution >= 0.6 is 11.8 Å². The number of rotatable bonds is 2. The van der Waals surface area contributed by atoms with Crippen LogP contribution < -0.4 is 15.9 Å². The zero-order chi connectivity index (χ0) is 24.2. The maximum absolute atomic E-state index is 14.8. The molecule has 2 aromatic carbocycles. The summed E-state index contributed by atoms with van der Waals surface area (Å²) in [6, 6.07) is 3.40. The van der Waals surface area contributed by atoms with E-state index in [1.54, 1.807) is 0 Å². The lowest BCUT2D eigenvalue weighted by Crippen LogP contribution is -2.50. The molecule has 34 heavy (non-hydrogen) atoms. The van der Waals surface area contributed by atoms with Crippen molar-refractivity contribution in [3.63, 3.8) is 0 Å². The Morgan fingerprint density at radius 2 is 1.97 bits per heavy atom. The highest BCUT2D eigenvalue weighted by Gasteiger charge is 2.38. The molecule has 0 aliphatic carbocycles. The minimum atomic E-state index is -4.82. The van der Waals surface area contributed by atoms with Gasteiger partial charge in [0, 0.05) is 59.7 Å². The normalized spacial score (nSPS) is 18.9. The van der Waals surface area contributed by atoms with Crippen molar-refractivity contribution in [3.8, 4) is 11.1 Å². The van der Waals surface area contributed by atoms with Gasteiger partial charge in [0.2, 0.25) is 0 Å². The maximum Gasteiger partial charge on any atom is 0.417 e. The first kappa shape index (κ1) is 23.1. The molecule has 0 radical (unpaired) electrons. The number of nitrogens with one attached hydrogen (secondary N) is 1. The van der Waals surface area contributed by atoms with Gasteiger partial charge in [-0.3, -0.25) is 4.57 Å². The Morgan fingerprint density at radius 3 is 2.68 bits per heavy atom. The molecule has 1 saturated heterocycles. The number of benzene rings is 2. The number of nitrogens with zero attached hydrogens (tertiary/aromatic N) is 3. The van der Waals surface area contributed by atoms with Crippen LogP contribution in [-0.2, 0) is 12.7 Å². The molecule has 5 nitrogen and oxygen atoms in total. The molecule has 0 unspecified atom stereocenters. The predicted octanol–water partition coefficient (Wildman–Crippen LogP) is 4.65. The fourth-order valence-electron chi connectivity index (χ4n) is 4.70. The second-order valence-corrected chi connectivity index (χ2v) is 9.57. The van der Waals surface area contributed by atoms with Crippen LogP contribution in [0.5, 0.6) is 0 Å². The molecule has 0 spiro atoms. The van der Waals surface area contributed by atoms with Crippen LogP contribution in [-0.4, -0.2) is 41.0 Å². The largest absolute Gasteiger partial charge is 0.417 e. The Hall–Kier alpha value is -2.66. The summed E-state index contributed by atoms with van der Waals surface area (Å²) in [6.07, 6.45) is -4.28. The van der Waals surface area contributed by atoms with Gasteiger partial charge in [-0.15, -0.1) is 11.8 Å². The highest BCUT2D eigenvalue weighted by Crippen LogP contribution is 2.48. The van der Waals surface area contributed by atoms with Crippen molar-refractivity contribution in [3.05, 3.63) is 51.9 Å². The Kier molecular flexibility index (Phi) is 5.79. The monoisotopic (exact) mass is 496 g/mol. The van der Waals surface area contributed by atoms with Gasteiger partial charge in [0.05, 0.1) is 11.1 Å². The maximum atomic E-state index is 14.8. The molecular weight excluding hydrogens is 475 g/mol. The smallest absolute Gasteiger partial charge is 0.351 e. The van der Waals surface area contributed by atoms with Crippen molar-refractivity contribution in [1.29, 1.82) is 0 Å². The van der Waals surface area contributed by atoms with Gasteiger partial charge in [-0.1, -0.05) is 0 Å². The van der Waals surface area contributed by atoms with E-state index in [0.29, 0.717) is 43.4 Å². The second-order valence-electron chi connectivity index (χ2n) is 8.46. The first-order valence-corrected chi connectivity index (χ1v) is 11.9. The number of hydrogen-bond donors (Lipinski definition) is 1. The first-order chi connectivity index (χ1) is 16.2. The van der Waals surface area contributed by atoms with Crippen LogP contribution in [0.15, 0.2) is 34.0 Å². The molecule has 3 heterocycles. The van der Waals surface area contributed by atoms with Crippen LogP contribution in [0.25, 0.3) is 22.0 Å². The fourth-order valence-corrected chi connectivity index (χ4v) is 5.89. The summed E-state index contributed by atoms with van der Waals surface area (Å²) in [5.74, 6) is -1.34. The van der Waals surface area contributed by atoms with Crippen molar-refractivity contribution in [2.45, 2.75) is 37.0 Å². The number of piperazine rings is 1. The number of hydrogen-bond acceptors (Lipinski definition) is 5. The molecule has 0 saturated carbocycles. The van der Waals surface area contributed by atoms with Crippen molar-refractivity contribution >= 4 is 28.5 Å². The van der Waals surface area contributed by atoms with E-state index in [1.807, 2.05) is 11.8 Å². The molecule has 3 aromatic rings. The summed E-state index contributed by atoms with van der Waals surface area (Å²) in [4.78, 5) is 19.3.